The highest BCUT2D eigenvalue weighted by molar-refractivity contribution is 6.29. The van der Waals surface area contributed by atoms with Crippen molar-refractivity contribution in [3.05, 3.63) is 33.1 Å². The van der Waals surface area contributed by atoms with Crippen LogP contribution in [0.1, 0.15) is 23.7 Å². The van der Waals surface area contributed by atoms with E-state index in [0.29, 0.717) is 13.1 Å². The minimum absolute atomic E-state index is 0.0104. The lowest BCUT2D eigenvalue weighted by Gasteiger charge is -2.27. The summed E-state index contributed by atoms with van der Waals surface area (Å²) in [6, 6.07) is 1.31. The van der Waals surface area contributed by atoms with E-state index in [1.807, 2.05) is 6.92 Å². The Bertz CT molecular complexity index is 531. The fraction of sp³-hybridized carbons (Fsp3) is 0.500. The predicted octanol–water partition coefficient (Wildman–Crippen LogP) is 1.47. The summed E-state index contributed by atoms with van der Waals surface area (Å²) < 4.78 is 0. The summed E-state index contributed by atoms with van der Waals surface area (Å²) in [5.74, 6) is -0.378. The van der Waals surface area contributed by atoms with Crippen LogP contribution in [-0.4, -0.2) is 46.4 Å². The number of hydrogen-bond acceptors (Lipinski definition) is 5. The Labute approximate surface area is 121 Å². The largest absolute Gasteiger partial charge is 0.334 e. The van der Waals surface area contributed by atoms with Gasteiger partial charge in [-0.1, -0.05) is 11.6 Å². The van der Waals surface area contributed by atoms with Crippen LogP contribution in [0.15, 0.2) is 12.3 Å². The second-order valence-corrected chi connectivity index (χ2v) is 4.91. The van der Waals surface area contributed by atoms with Crippen molar-refractivity contribution < 1.29 is 9.72 Å². The Kier molecular flexibility index (Phi) is 4.51. The molecule has 0 aliphatic carbocycles. The second-order valence-electron chi connectivity index (χ2n) is 4.52. The number of rotatable bonds is 4. The molecule has 1 N–H and O–H groups in total. The number of nitrogens with one attached hydrogen (secondary N) is 1. The smallest absolute Gasteiger partial charge is 0.300 e. The van der Waals surface area contributed by atoms with Crippen molar-refractivity contribution in [2.45, 2.75) is 19.4 Å². The van der Waals surface area contributed by atoms with Gasteiger partial charge in [0.15, 0.2) is 0 Å². The van der Waals surface area contributed by atoms with Crippen LogP contribution in [0.5, 0.6) is 0 Å². The fourth-order valence-electron chi connectivity index (χ4n) is 2.37. The Hall–Kier alpha value is -1.73. The van der Waals surface area contributed by atoms with E-state index in [9.17, 15) is 14.9 Å². The molecule has 1 aliphatic heterocycles. The summed E-state index contributed by atoms with van der Waals surface area (Å²) >= 11 is 5.76. The summed E-state index contributed by atoms with van der Waals surface area (Å²) in [6.45, 7) is 3.88. The fourth-order valence-corrected chi connectivity index (χ4v) is 2.53. The van der Waals surface area contributed by atoms with E-state index in [1.54, 1.807) is 4.90 Å². The molecule has 2 rings (SSSR count). The Morgan fingerprint density at radius 2 is 2.45 bits per heavy atom. The molecule has 1 aromatic rings. The van der Waals surface area contributed by atoms with Crippen LogP contribution < -0.4 is 5.32 Å². The van der Waals surface area contributed by atoms with Crippen LogP contribution in [0, 0.1) is 10.1 Å². The first-order chi connectivity index (χ1) is 9.54. The molecular formula is C12H15ClN4O3. The van der Waals surface area contributed by atoms with Crippen LogP contribution in [0.25, 0.3) is 0 Å². The van der Waals surface area contributed by atoms with Gasteiger partial charge in [-0.15, -0.1) is 0 Å². The highest BCUT2D eigenvalue weighted by atomic mass is 35.5. The molecule has 0 bridgehead atoms. The van der Waals surface area contributed by atoms with Gasteiger partial charge in [-0.05, 0) is 26.0 Å². The first-order valence-electron chi connectivity index (χ1n) is 6.36. The molecule has 108 valence electrons. The van der Waals surface area contributed by atoms with Crippen molar-refractivity contribution in [3.8, 4) is 0 Å². The van der Waals surface area contributed by atoms with Crippen molar-refractivity contribution in [1.29, 1.82) is 0 Å². The third-order valence-corrected chi connectivity index (χ3v) is 3.56. The van der Waals surface area contributed by atoms with Gasteiger partial charge < -0.3 is 10.2 Å². The molecule has 1 atom stereocenters. The number of nitrogens with zero attached hydrogens (tertiary/aromatic N) is 3. The minimum atomic E-state index is -0.614. The molecule has 1 aromatic heterocycles. The molecule has 1 unspecified atom stereocenters. The van der Waals surface area contributed by atoms with Gasteiger partial charge in [0.2, 0.25) is 0 Å². The zero-order valence-electron chi connectivity index (χ0n) is 11.0. The Morgan fingerprint density at radius 3 is 3.00 bits per heavy atom. The molecule has 8 heteroatoms. The maximum Gasteiger partial charge on any atom is 0.300 e. The van der Waals surface area contributed by atoms with E-state index in [2.05, 4.69) is 10.3 Å². The average Bonchev–Trinajstić information content (AvgIpc) is 2.93. The number of carbonyl (C=O) groups is 1. The molecule has 0 spiro atoms. The van der Waals surface area contributed by atoms with Crippen molar-refractivity contribution in [2.24, 2.45) is 0 Å². The van der Waals surface area contributed by atoms with E-state index in [4.69, 9.17) is 11.6 Å². The standard InChI is InChI=1S/C12H15ClN4O3/c1-2-16(8-3-4-14-6-8)12(18)9-5-11(13)15-7-10(9)17(19)20/h5,7-8,14H,2-4,6H2,1H3. The molecule has 0 aromatic carbocycles. The Morgan fingerprint density at radius 1 is 1.70 bits per heavy atom. The van der Waals surface area contributed by atoms with E-state index in [1.165, 1.54) is 6.07 Å². The Balaban J connectivity index is 2.35. The van der Waals surface area contributed by atoms with Gasteiger partial charge in [0.1, 0.15) is 16.9 Å². The third kappa shape index (κ3) is 2.88. The zero-order valence-corrected chi connectivity index (χ0v) is 11.8. The van der Waals surface area contributed by atoms with Gasteiger partial charge in [0.25, 0.3) is 11.6 Å². The molecule has 1 amide bonds. The molecule has 7 nitrogen and oxygen atoms in total. The summed E-state index contributed by atoms with van der Waals surface area (Å²) in [4.78, 5) is 28.2. The van der Waals surface area contributed by atoms with Crippen molar-refractivity contribution in [3.63, 3.8) is 0 Å². The molecule has 20 heavy (non-hydrogen) atoms. The van der Waals surface area contributed by atoms with Crippen LogP contribution in [-0.2, 0) is 0 Å². The van der Waals surface area contributed by atoms with E-state index in [0.717, 1.165) is 19.2 Å². The maximum absolute atomic E-state index is 12.5. The predicted molar refractivity (Wildman–Crippen MR) is 73.9 cm³/mol. The molecule has 2 heterocycles. The number of nitro groups is 1. The van der Waals surface area contributed by atoms with Gasteiger partial charge in [-0.2, -0.15) is 0 Å². The summed E-state index contributed by atoms with van der Waals surface area (Å²) in [5, 5.41) is 14.3. The van der Waals surface area contributed by atoms with Crippen molar-refractivity contribution in [2.75, 3.05) is 19.6 Å². The highest BCUT2D eigenvalue weighted by Crippen LogP contribution is 2.23. The van der Waals surface area contributed by atoms with Gasteiger partial charge in [0.05, 0.1) is 4.92 Å². The lowest BCUT2D eigenvalue weighted by molar-refractivity contribution is -0.385. The number of pyridine rings is 1. The van der Waals surface area contributed by atoms with E-state index < -0.39 is 4.92 Å². The van der Waals surface area contributed by atoms with Crippen LogP contribution in [0.2, 0.25) is 5.15 Å². The van der Waals surface area contributed by atoms with Crippen LogP contribution in [0.3, 0.4) is 0 Å². The van der Waals surface area contributed by atoms with E-state index >= 15 is 0 Å². The zero-order chi connectivity index (χ0) is 14.7. The second kappa shape index (κ2) is 6.15. The quantitative estimate of drug-likeness (QED) is 0.516. The lowest BCUT2D eigenvalue weighted by Crippen LogP contribution is -2.41. The number of halogens is 1. The minimum Gasteiger partial charge on any atom is -0.334 e. The van der Waals surface area contributed by atoms with Crippen LogP contribution >= 0.6 is 11.6 Å². The highest BCUT2D eigenvalue weighted by Gasteiger charge is 2.30. The molecule has 0 saturated carbocycles. The maximum atomic E-state index is 12.5. The van der Waals surface area contributed by atoms with Crippen molar-refractivity contribution in [1.82, 2.24) is 15.2 Å². The molecular weight excluding hydrogens is 284 g/mol. The molecule has 0 radical (unpaired) electrons. The first kappa shape index (κ1) is 14.7. The van der Waals surface area contributed by atoms with Gasteiger partial charge in [0, 0.05) is 19.1 Å². The molecule has 1 aliphatic rings. The van der Waals surface area contributed by atoms with Gasteiger partial charge >= 0.3 is 0 Å². The van der Waals surface area contributed by atoms with Gasteiger partial charge in [-0.25, -0.2) is 4.98 Å². The SMILES string of the molecule is CCN(C(=O)c1cc(Cl)ncc1[N+](=O)[O-])C1CCNC1. The molecule has 1 fully saturated rings. The molecule has 1 saturated heterocycles. The number of carbonyl (C=O) groups excluding carboxylic acids is 1. The van der Waals surface area contributed by atoms with Crippen molar-refractivity contribution >= 4 is 23.2 Å². The van der Waals surface area contributed by atoms with E-state index in [-0.39, 0.29) is 28.4 Å². The number of amides is 1. The summed E-state index contributed by atoms with van der Waals surface area (Å²) in [6.07, 6.45) is 1.86. The number of aromatic nitrogens is 1. The summed E-state index contributed by atoms with van der Waals surface area (Å²) in [7, 11) is 0. The summed E-state index contributed by atoms with van der Waals surface area (Å²) in [5.41, 5.74) is -0.326. The van der Waals surface area contributed by atoms with Crippen LogP contribution in [0.4, 0.5) is 5.69 Å². The number of likely N-dealkylation sites (N-methyl/N-ethyl adjacent to an activating group) is 1. The number of hydrogen-bond donors (Lipinski definition) is 1. The third-order valence-electron chi connectivity index (χ3n) is 3.35. The van der Waals surface area contributed by atoms with Gasteiger partial charge in [-0.3, -0.25) is 14.9 Å². The topological polar surface area (TPSA) is 88.4 Å². The normalized spacial score (nSPS) is 18.0. The average molecular weight is 299 g/mol. The monoisotopic (exact) mass is 298 g/mol. The first-order valence-corrected chi connectivity index (χ1v) is 6.74. The lowest BCUT2D eigenvalue weighted by atomic mass is 10.1.